The molecule has 2 nitrogen and oxygen atoms in total. The summed E-state index contributed by atoms with van der Waals surface area (Å²) in [6, 6.07) is 2.08. The summed E-state index contributed by atoms with van der Waals surface area (Å²) >= 11 is 9.91. The van der Waals surface area contributed by atoms with E-state index in [4.69, 9.17) is 5.26 Å². The van der Waals surface area contributed by atoms with Crippen molar-refractivity contribution < 1.29 is 0 Å². The lowest BCUT2D eigenvalue weighted by atomic mass is 10.4. The molecule has 1 aromatic rings. The molecule has 0 spiro atoms. The molecule has 0 aliphatic heterocycles. The fourth-order valence-corrected chi connectivity index (χ4v) is 2.58. The predicted octanol–water partition coefficient (Wildman–Crippen LogP) is 3.18. The summed E-state index contributed by atoms with van der Waals surface area (Å²) in [5, 5.41) is 8.69. The zero-order valence-electron chi connectivity index (χ0n) is 5.53. The first-order valence-electron chi connectivity index (χ1n) is 2.68. The van der Waals surface area contributed by atoms with Crippen LogP contribution >= 0.6 is 47.8 Å². The maximum atomic E-state index is 8.69. The Kier molecular flexibility index (Phi) is 2.79. The van der Waals surface area contributed by atoms with E-state index >= 15 is 0 Å². The molecule has 0 aliphatic carbocycles. The third-order valence-electron chi connectivity index (χ3n) is 1.31. The van der Waals surface area contributed by atoms with Gasteiger partial charge in [0.1, 0.15) is 15.3 Å². The van der Waals surface area contributed by atoms with Crippen molar-refractivity contribution in [2.45, 2.75) is 0 Å². The van der Waals surface area contributed by atoms with Gasteiger partial charge < -0.3 is 4.57 Å². The van der Waals surface area contributed by atoms with E-state index < -0.39 is 0 Å². The molecule has 0 saturated carbocycles. The summed E-state index contributed by atoms with van der Waals surface area (Å²) in [5.74, 6) is 0. The largest absolute Gasteiger partial charge is 0.331 e. The number of hydrogen-bond donors (Lipinski definition) is 0. The number of hydrogen-bond acceptors (Lipinski definition) is 1. The highest BCUT2D eigenvalue weighted by Crippen LogP contribution is 2.34. The predicted molar refractivity (Wildman–Crippen MR) is 53.2 cm³/mol. The minimum absolute atomic E-state index is 0.611. The molecule has 0 radical (unpaired) electrons. The first kappa shape index (κ1) is 9.30. The second-order valence-corrected chi connectivity index (χ2v) is 4.24. The third kappa shape index (κ3) is 1.40. The zero-order chi connectivity index (χ0) is 8.59. The van der Waals surface area contributed by atoms with E-state index in [0.717, 1.165) is 13.7 Å². The average Bonchev–Trinajstić information content (AvgIpc) is 2.17. The van der Waals surface area contributed by atoms with E-state index in [2.05, 4.69) is 53.9 Å². The van der Waals surface area contributed by atoms with Crippen LogP contribution in [-0.4, -0.2) is 4.57 Å². The summed E-state index contributed by atoms with van der Waals surface area (Å²) in [4.78, 5) is 0. The van der Waals surface area contributed by atoms with Crippen molar-refractivity contribution in [1.82, 2.24) is 4.57 Å². The molecular weight excluding hydrogens is 340 g/mol. The van der Waals surface area contributed by atoms with E-state index in [1.807, 2.05) is 11.6 Å². The molecule has 0 aromatic carbocycles. The molecule has 5 heteroatoms. The summed E-state index contributed by atoms with van der Waals surface area (Å²) in [7, 11) is 1.86. The number of nitrogens with zero attached hydrogens (tertiary/aromatic N) is 2. The van der Waals surface area contributed by atoms with Crippen LogP contribution in [0, 0.1) is 11.3 Å². The normalized spacial score (nSPS) is 9.73. The van der Waals surface area contributed by atoms with E-state index in [9.17, 15) is 0 Å². The highest BCUT2D eigenvalue weighted by Gasteiger charge is 2.14. The van der Waals surface area contributed by atoms with Crippen LogP contribution in [0.2, 0.25) is 0 Å². The van der Waals surface area contributed by atoms with Crippen LogP contribution in [-0.2, 0) is 7.05 Å². The Morgan fingerprint density at radius 2 is 1.82 bits per heavy atom. The van der Waals surface area contributed by atoms with Crippen LogP contribution in [0.5, 0.6) is 0 Å². The van der Waals surface area contributed by atoms with Crippen molar-refractivity contribution in [3.05, 3.63) is 19.2 Å². The third-order valence-corrected chi connectivity index (χ3v) is 4.47. The van der Waals surface area contributed by atoms with Gasteiger partial charge in [0.05, 0.1) is 10.0 Å². The second kappa shape index (κ2) is 3.30. The molecule has 0 saturated heterocycles. The van der Waals surface area contributed by atoms with Crippen LogP contribution in [0.4, 0.5) is 0 Å². The van der Waals surface area contributed by atoms with Crippen LogP contribution < -0.4 is 0 Å². The van der Waals surface area contributed by atoms with E-state index in [1.54, 1.807) is 0 Å². The summed E-state index contributed by atoms with van der Waals surface area (Å²) in [5.41, 5.74) is 0.611. The highest BCUT2D eigenvalue weighted by molar-refractivity contribution is 9.13. The van der Waals surface area contributed by atoms with Crippen molar-refractivity contribution in [2.75, 3.05) is 0 Å². The van der Waals surface area contributed by atoms with Gasteiger partial charge in [-0.2, -0.15) is 5.26 Å². The van der Waals surface area contributed by atoms with Gasteiger partial charge in [0, 0.05) is 7.05 Å². The maximum Gasteiger partial charge on any atom is 0.104 e. The standard InChI is InChI=1S/C6H3Br3N2/c1-11-5(8)3(2-10)4(7)6(11)9/h1H3. The highest BCUT2D eigenvalue weighted by atomic mass is 79.9. The molecule has 1 aromatic heterocycles. The monoisotopic (exact) mass is 340 g/mol. The average molecular weight is 343 g/mol. The summed E-state index contributed by atoms with van der Waals surface area (Å²) in [6.45, 7) is 0. The Hall–Kier alpha value is 0.210. The van der Waals surface area contributed by atoms with Gasteiger partial charge in [0.25, 0.3) is 0 Å². The molecule has 1 rings (SSSR count). The summed E-state index contributed by atoms with van der Waals surface area (Å²) in [6.07, 6.45) is 0. The van der Waals surface area contributed by atoms with Gasteiger partial charge in [-0.3, -0.25) is 0 Å². The number of halogens is 3. The quantitative estimate of drug-likeness (QED) is 0.712. The minimum atomic E-state index is 0.611. The molecule has 0 amide bonds. The number of nitriles is 1. The first-order valence-corrected chi connectivity index (χ1v) is 5.06. The van der Waals surface area contributed by atoms with Gasteiger partial charge >= 0.3 is 0 Å². The molecule has 0 aliphatic rings. The fourth-order valence-electron chi connectivity index (χ4n) is 0.690. The van der Waals surface area contributed by atoms with Crippen molar-refractivity contribution in [2.24, 2.45) is 7.05 Å². The Bertz CT molecular complexity index is 309. The Balaban J connectivity index is 3.51. The zero-order valence-corrected chi connectivity index (χ0v) is 10.3. The summed E-state index contributed by atoms with van der Waals surface area (Å²) < 4.78 is 4.26. The maximum absolute atomic E-state index is 8.69. The van der Waals surface area contributed by atoms with E-state index in [0.29, 0.717) is 5.56 Å². The molecule has 58 valence electrons. The lowest BCUT2D eigenvalue weighted by Gasteiger charge is -1.93. The molecule has 0 fully saturated rings. The lowest BCUT2D eigenvalue weighted by molar-refractivity contribution is 0.874. The number of rotatable bonds is 0. The Morgan fingerprint density at radius 1 is 1.27 bits per heavy atom. The lowest BCUT2D eigenvalue weighted by Crippen LogP contribution is -1.86. The van der Waals surface area contributed by atoms with E-state index in [1.165, 1.54) is 0 Å². The van der Waals surface area contributed by atoms with Crippen LogP contribution in [0.3, 0.4) is 0 Å². The molecule has 0 N–H and O–H groups in total. The van der Waals surface area contributed by atoms with Crippen LogP contribution in [0.1, 0.15) is 5.56 Å². The van der Waals surface area contributed by atoms with Gasteiger partial charge in [-0.1, -0.05) is 0 Å². The molecule has 0 bridgehead atoms. The van der Waals surface area contributed by atoms with Crippen molar-refractivity contribution in [1.29, 1.82) is 5.26 Å². The van der Waals surface area contributed by atoms with Crippen LogP contribution in [0.15, 0.2) is 13.7 Å². The molecule has 0 atom stereocenters. The fraction of sp³-hybridized carbons (Fsp3) is 0.167. The smallest absolute Gasteiger partial charge is 0.104 e. The number of aromatic nitrogens is 1. The molecule has 1 heterocycles. The Labute approximate surface area is 89.6 Å². The first-order chi connectivity index (χ1) is 5.09. The van der Waals surface area contributed by atoms with Gasteiger partial charge in [-0.25, -0.2) is 0 Å². The molecule has 11 heavy (non-hydrogen) atoms. The molecule has 0 unspecified atom stereocenters. The van der Waals surface area contributed by atoms with Gasteiger partial charge in [0.15, 0.2) is 0 Å². The van der Waals surface area contributed by atoms with E-state index in [-0.39, 0.29) is 0 Å². The van der Waals surface area contributed by atoms with Gasteiger partial charge in [0.2, 0.25) is 0 Å². The molecular formula is C6H3Br3N2. The topological polar surface area (TPSA) is 28.7 Å². The Morgan fingerprint density at radius 3 is 2.00 bits per heavy atom. The second-order valence-electron chi connectivity index (χ2n) is 1.94. The van der Waals surface area contributed by atoms with Crippen molar-refractivity contribution >= 4 is 47.8 Å². The minimum Gasteiger partial charge on any atom is -0.331 e. The van der Waals surface area contributed by atoms with Gasteiger partial charge in [-0.05, 0) is 47.8 Å². The van der Waals surface area contributed by atoms with Crippen LogP contribution in [0.25, 0.3) is 0 Å². The SMILES string of the molecule is Cn1c(Br)c(Br)c(C#N)c1Br. The van der Waals surface area contributed by atoms with Crippen molar-refractivity contribution in [3.8, 4) is 6.07 Å². The van der Waals surface area contributed by atoms with Crippen molar-refractivity contribution in [3.63, 3.8) is 0 Å². The van der Waals surface area contributed by atoms with Gasteiger partial charge in [-0.15, -0.1) is 0 Å².